The quantitative estimate of drug-likeness (QED) is 0.498. The summed E-state index contributed by atoms with van der Waals surface area (Å²) in [5, 5.41) is 0. The first kappa shape index (κ1) is 21.9. The Morgan fingerprint density at radius 3 is 2.34 bits per heavy atom. The van der Waals surface area contributed by atoms with Crippen molar-refractivity contribution < 1.29 is 14.3 Å². The molecule has 1 fully saturated rings. The molecule has 1 aliphatic rings. The van der Waals surface area contributed by atoms with Crippen LogP contribution in [0.5, 0.6) is 0 Å². The lowest BCUT2D eigenvalue weighted by Crippen LogP contribution is -2.38. The molecule has 32 heavy (non-hydrogen) atoms. The number of carbonyl (C=O) groups is 1. The number of ether oxygens (including phenoxy) is 2. The minimum Gasteiger partial charge on any atom is -0.445 e. The van der Waals surface area contributed by atoms with E-state index < -0.39 is 0 Å². The summed E-state index contributed by atoms with van der Waals surface area (Å²) in [5.41, 5.74) is 9.65. The van der Waals surface area contributed by atoms with Crippen molar-refractivity contribution in [2.24, 2.45) is 5.92 Å². The van der Waals surface area contributed by atoms with Gasteiger partial charge in [0, 0.05) is 17.6 Å². The molecule has 1 aliphatic heterocycles. The molecule has 4 rings (SSSR count). The molecule has 3 aromatic carbocycles. The summed E-state index contributed by atoms with van der Waals surface area (Å²) in [6, 6.07) is 27.7. The summed E-state index contributed by atoms with van der Waals surface area (Å²) >= 11 is 0. The van der Waals surface area contributed by atoms with E-state index in [0.29, 0.717) is 18.9 Å². The van der Waals surface area contributed by atoms with Crippen molar-refractivity contribution in [1.29, 1.82) is 0 Å². The molecule has 5 nitrogen and oxygen atoms in total. The number of nitrogens with zero attached hydrogens (tertiary/aromatic N) is 1. The molecule has 0 bridgehead atoms. The zero-order valence-electron chi connectivity index (χ0n) is 18.4. The van der Waals surface area contributed by atoms with Crippen molar-refractivity contribution in [2.45, 2.75) is 38.6 Å². The molecule has 0 aromatic heterocycles. The molecular formula is C27H30N2O3. The first-order chi connectivity index (χ1) is 15.6. The van der Waals surface area contributed by atoms with Crippen LogP contribution in [0.1, 0.15) is 36.1 Å². The molecule has 1 saturated heterocycles. The molecule has 0 spiro atoms. The van der Waals surface area contributed by atoms with Gasteiger partial charge in [-0.3, -0.25) is 4.90 Å². The maximum absolute atomic E-state index is 13.2. The van der Waals surface area contributed by atoms with Gasteiger partial charge >= 0.3 is 6.09 Å². The summed E-state index contributed by atoms with van der Waals surface area (Å²) in [6.07, 6.45) is 0.534. The number of nitrogens with two attached hydrogens (primary N) is 1. The molecule has 1 amide bonds. The zero-order chi connectivity index (χ0) is 22.3. The summed E-state index contributed by atoms with van der Waals surface area (Å²) in [6.45, 7) is 3.45. The maximum atomic E-state index is 13.2. The fraction of sp³-hybridized carbons (Fsp3) is 0.296. The van der Waals surface area contributed by atoms with Crippen LogP contribution in [0.2, 0.25) is 0 Å². The van der Waals surface area contributed by atoms with Crippen molar-refractivity contribution in [3.8, 4) is 0 Å². The van der Waals surface area contributed by atoms with Crippen LogP contribution in [0, 0.1) is 5.92 Å². The lowest BCUT2D eigenvalue weighted by molar-refractivity contribution is 0.0600. The topological polar surface area (TPSA) is 64.8 Å². The SMILES string of the molecule is CC1C(COCc2ccccc2)CC(c2ccccc2)N1C(=O)OCc1cccc(N)c1. The van der Waals surface area contributed by atoms with E-state index in [1.165, 1.54) is 0 Å². The van der Waals surface area contributed by atoms with E-state index in [-0.39, 0.29) is 30.7 Å². The van der Waals surface area contributed by atoms with Gasteiger partial charge in [0.1, 0.15) is 6.61 Å². The van der Waals surface area contributed by atoms with E-state index in [4.69, 9.17) is 15.2 Å². The first-order valence-corrected chi connectivity index (χ1v) is 11.1. The van der Waals surface area contributed by atoms with E-state index >= 15 is 0 Å². The van der Waals surface area contributed by atoms with Crippen molar-refractivity contribution in [3.05, 3.63) is 102 Å². The second-order valence-corrected chi connectivity index (χ2v) is 8.37. The summed E-state index contributed by atoms with van der Waals surface area (Å²) < 4.78 is 11.7. The average Bonchev–Trinajstić information content (AvgIpc) is 3.15. The Bertz CT molecular complexity index is 1010. The predicted molar refractivity (Wildman–Crippen MR) is 126 cm³/mol. The summed E-state index contributed by atoms with van der Waals surface area (Å²) in [5.74, 6) is 0.226. The third kappa shape index (κ3) is 5.29. The highest BCUT2D eigenvalue weighted by Crippen LogP contribution is 2.40. The van der Waals surface area contributed by atoms with Crippen molar-refractivity contribution >= 4 is 11.8 Å². The molecule has 2 N–H and O–H groups in total. The smallest absolute Gasteiger partial charge is 0.410 e. The Labute approximate surface area is 189 Å². The maximum Gasteiger partial charge on any atom is 0.410 e. The molecule has 0 radical (unpaired) electrons. The van der Waals surface area contributed by atoms with Crippen LogP contribution in [0.15, 0.2) is 84.9 Å². The largest absolute Gasteiger partial charge is 0.445 e. The number of benzene rings is 3. The van der Waals surface area contributed by atoms with Gasteiger partial charge in [-0.1, -0.05) is 72.8 Å². The molecule has 0 aliphatic carbocycles. The van der Waals surface area contributed by atoms with Gasteiger partial charge in [0.05, 0.1) is 19.3 Å². The molecule has 3 aromatic rings. The second kappa shape index (κ2) is 10.3. The summed E-state index contributed by atoms with van der Waals surface area (Å²) in [7, 11) is 0. The highest BCUT2D eigenvalue weighted by Gasteiger charge is 2.42. The van der Waals surface area contributed by atoms with Gasteiger partial charge in [0.2, 0.25) is 0 Å². The molecular weight excluding hydrogens is 400 g/mol. The minimum absolute atomic E-state index is 0.00400. The molecule has 3 atom stereocenters. The van der Waals surface area contributed by atoms with Gasteiger partial charge in [-0.25, -0.2) is 4.79 Å². The number of hydrogen-bond acceptors (Lipinski definition) is 4. The van der Waals surface area contributed by atoms with E-state index in [9.17, 15) is 4.79 Å². The van der Waals surface area contributed by atoms with E-state index in [1.54, 1.807) is 0 Å². The fourth-order valence-electron chi connectivity index (χ4n) is 4.39. The lowest BCUT2D eigenvalue weighted by Gasteiger charge is -2.29. The monoisotopic (exact) mass is 430 g/mol. The number of likely N-dealkylation sites (tertiary alicyclic amines) is 1. The van der Waals surface area contributed by atoms with Crippen LogP contribution >= 0.6 is 0 Å². The van der Waals surface area contributed by atoms with Crippen molar-refractivity contribution in [3.63, 3.8) is 0 Å². The highest BCUT2D eigenvalue weighted by atomic mass is 16.6. The van der Waals surface area contributed by atoms with E-state index in [0.717, 1.165) is 23.1 Å². The number of carbonyl (C=O) groups excluding carboxylic acids is 1. The van der Waals surface area contributed by atoms with Crippen LogP contribution in [0.25, 0.3) is 0 Å². The Balaban J connectivity index is 1.44. The van der Waals surface area contributed by atoms with Gasteiger partial charge in [0.15, 0.2) is 0 Å². The normalized spacial score (nSPS) is 20.3. The van der Waals surface area contributed by atoms with E-state index in [1.807, 2.05) is 65.6 Å². The second-order valence-electron chi connectivity index (χ2n) is 8.37. The fourth-order valence-corrected chi connectivity index (χ4v) is 4.39. The molecule has 0 saturated carbocycles. The van der Waals surface area contributed by atoms with Gasteiger partial charge < -0.3 is 15.2 Å². The minimum atomic E-state index is -0.306. The van der Waals surface area contributed by atoms with Gasteiger partial charge in [-0.2, -0.15) is 0 Å². The molecule has 166 valence electrons. The average molecular weight is 431 g/mol. The van der Waals surface area contributed by atoms with Crippen LogP contribution in [0.3, 0.4) is 0 Å². The van der Waals surface area contributed by atoms with Crippen LogP contribution in [-0.4, -0.2) is 23.6 Å². The number of amides is 1. The van der Waals surface area contributed by atoms with Gasteiger partial charge in [0.25, 0.3) is 0 Å². The lowest BCUT2D eigenvalue weighted by atomic mass is 9.98. The molecule has 1 heterocycles. The van der Waals surface area contributed by atoms with E-state index in [2.05, 4.69) is 31.2 Å². The third-order valence-corrected chi connectivity index (χ3v) is 6.13. The molecule has 3 unspecified atom stereocenters. The molecule has 5 heteroatoms. The number of hydrogen-bond donors (Lipinski definition) is 1. The predicted octanol–water partition coefficient (Wildman–Crippen LogP) is 5.57. The Morgan fingerprint density at radius 2 is 1.62 bits per heavy atom. The first-order valence-electron chi connectivity index (χ1n) is 11.1. The number of rotatable bonds is 7. The summed E-state index contributed by atoms with van der Waals surface area (Å²) in [4.78, 5) is 15.0. The number of nitrogen functional groups attached to an aromatic ring is 1. The standard InChI is InChI=1S/C27H30N2O3/c1-20-24(19-31-17-21-9-4-2-5-10-21)16-26(23-12-6-3-7-13-23)29(20)27(30)32-18-22-11-8-14-25(28)15-22/h2-15,20,24,26H,16-19,28H2,1H3. The van der Waals surface area contributed by atoms with Gasteiger partial charge in [-0.15, -0.1) is 0 Å². The Morgan fingerprint density at radius 1 is 0.938 bits per heavy atom. The Hall–Kier alpha value is -3.31. The van der Waals surface area contributed by atoms with Crippen molar-refractivity contribution in [2.75, 3.05) is 12.3 Å². The Kier molecular flexibility index (Phi) is 7.07. The van der Waals surface area contributed by atoms with Crippen LogP contribution in [-0.2, 0) is 22.7 Å². The third-order valence-electron chi connectivity index (χ3n) is 6.13. The van der Waals surface area contributed by atoms with Crippen molar-refractivity contribution in [1.82, 2.24) is 4.90 Å². The highest BCUT2D eigenvalue weighted by molar-refractivity contribution is 5.69. The zero-order valence-corrected chi connectivity index (χ0v) is 18.4. The van der Waals surface area contributed by atoms with Crippen LogP contribution < -0.4 is 5.73 Å². The number of anilines is 1. The van der Waals surface area contributed by atoms with Crippen LogP contribution in [0.4, 0.5) is 10.5 Å². The van der Waals surface area contributed by atoms with Gasteiger partial charge in [-0.05, 0) is 42.2 Å².